The van der Waals surface area contributed by atoms with Crippen LogP contribution in [0.5, 0.6) is 11.5 Å². The molecule has 3 aromatic rings. The minimum absolute atomic E-state index is 0.0507. The number of rotatable bonds is 6. The van der Waals surface area contributed by atoms with Crippen molar-refractivity contribution in [3.8, 4) is 22.9 Å². The summed E-state index contributed by atoms with van der Waals surface area (Å²) in [6.45, 7) is 0.687. The first-order chi connectivity index (χ1) is 14.2. The Morgan fingerprint density at radius 2 is 1.93 bits per heavy atom. The Bertz CT molecular complexity index is 984. The van der Waals surface area contributed by atoms with E-state index >= 15 is 0 Å². The van der Waals surface area contributed by atoms with E-state index in [-0.39, 0.29) is 11.9 Å². The highest BCUT2D eigenvalue weighted by molar-refractivity contribution is 5.79. The quantitative estimate of drug-likeness (QED) is 0.636. The van der Waals surface area contributed by atoms with Gasteiger partial charge in [0.25, 0.3) is 0 Å². The molecule has 1 aliphatic heterocycles. The molecule has 29 heavy (non-hydrogen) atoms. The van der Waals surface area contributed by atoms with E-state index in [0.717, 1.165) is 29.7 Å². The molecule has 1 atom stereocenters. The number of carbonyl (C=O) groups excluding carboxylic acids is 1. The van der Waals surface area contributed by atoms with Crippen molar-refractivity contribution in [2.75, 3.05) is 20.8 Å². The highest BCUT2D eigenvalue weighted by atomic mass is 16.5. The van der Waals surface area contributed by atoms with Crippen molar-refractivity contribution in [2.45, 2.75) is 25.3 Å². The molecule has 0 N–H and O–H groups in total. The molecular formula is C22H23N3O4. The van der Waals surface area contributed by atoms with Gasteiger partial charge in [-0.2, -0.15) is 4.98 Å². The molecule has 1 aromatic heterocycles. The van der Waals surface area contributed by atoms with E-state index in [9.17, 15) is 4.79 Å². The smallest absolute Gasteiger partial charge is 0.249 e. The minimum atomic E-state index is -0.197. The fraction of sp³-hybridized carbons (Fsp3) is 0.318. The third-order valence-corrected chi connectivity index (χ3v) is 5.16. The maximum atomic E-state index is 12.9. The van der Waals surface area contributed by atoms with Gasteiger partial charge in [-0.3, -0.25) is 4.79 Å². The van der Waals surface area contributed by atoms with Crippen LogP contribution in [-0.2, 0) is 11.2 Å². The van der Waals surface area contributed by atoms with Crippen molar-refractivity contribution in [3.05, 3.63) is 60.0 Å². The second kappa shape index (κ2) is 8.34. The molecule has 0 spiro atoms. The number of hydrogen-bond acceptors (Lipinski definition) is 6. The number of likely N-dealkylation sites (tertiary alicyclic amines) is 1. The molecule has 150 valence electrons. The molecule has 1 saturated heterocycles. The van der Waals surface area contributed by atoms with Crippen LogP contribution in [0.1, 0.15) is 30.3 Å². The summed E-state index contributed by atoms with van der Waals surface area (Å²) in [5.74, 6) is 2.43. The van der Waals surface area contributed by atoms with Gasteiger partial charge in [0, 0.05) is 6.54 Å². The molecule has 7 heteroatoms. The van der Waals surface area contributed by atoms with Gasteiger partial charge in [-0.15, -0.1) is 0 Å². The second-order valence-corrected chi connectivity index (χ2v) is 6.93. The molecule has 0 radical (unpaired) electrons. The average Bonchev–Trinajstić information content (AvgIpc) is 3.43. The van der Waals surface area contributed by atoms with Crippen LogP contribution in [0.25, 0.3) is 11.4 Å². The lowest BCUT2D eigenvalue weighted by molar-refractivity contribution is -0.131. The normalized spacial score (nSPS) is 16.1. The van der Waals surface area contributed by atoms with Gasteiger partial charge in [-0.1, -0.05) is 29.4 Å². The number of nitrogens with zero attached hydrogens (tertiary/aromatic N) is 3. The third kappa shape index (κ3) is 3.94. The van der Waals surface area contributed by atoms with E-state index in [2.05, 4.69) is 10.1 Å². The summed E-state index contributed by atoms with van der Waals surface area (Å²) in [7, 11) is 3.23. The first kappa shape index (κ1) is 19.0. The van der Waals surface area contributed by atoms with Crippen LogP contribution < -0.4 is 9.47 Å². The topological polar surface area (TPSA) is 77.7 Å². The summed E-state index contributed by atoms with van der Waals surface area (Å²) in [6.07, 6.45) is 2.04. The van der Waals surface area contributed by atoms with Crippen molar-refractivity contribution in [2.24, 2.45) is 0 Å². The fourth-order valence-electron chi connectivity index (χ4n) is 3.65. The zero-order chi connectivity index (χ0) is 20.2. The first-order valence-corrected chi connectivity index (χ1v) is 9.59. The molecule has 7 nitrogen and oxygen atoms in total. The predicted molar refractivity (Wildman–Crippen MR) is 107 cm³/mol. The van der Waals surface area contributed by atoms with Crippen LogP contribution in [0.3, 0.4) is 0 Å². The third-order valence-electron chi connectivity index (χ3n) is 5.16. The number of ether oxygens (including phenoxy) is 2. The van der Waals surface area contributed by atoms with Gasteiger partial charge < -0.3 is 18.9 Å². The summed E-state index contributed by atoms with van der Waals surface area (Å²) in [5, 5.41) is 4.12. The SMILES string of the molecule is COc1ccc(CC(=O)N2CCC[C@H]2c2nc(-c3ccccc3OC)no2)cc1. The zero-order valence-electron chi connectivity index (χ0n) is 16.5. The van der Waals surface area contributed by atoms with Crippen molar-refractivity contribution >= 4 is 5.91 Å². The Kier molecular flexibility index (Phi) is 5.46. The average molecular weight is 393 g/mol. The molecule has 0 bridgehead atoms. The molecule has 0 unspecified atom stereocenters. The van der Waals surface area contributed by atoms with Crippen LogP contribution in [0.2, 0.25) is 0 Å². The highest BCUT2D eigenvalue weighted by Crippen LogP contribution is 2.34. The number of carbonyl (C=O) groups is 1. The fourth-order valence-corrected chi connectivity index (χ4v) is 3.65. The van der Waals surface area contributed by atoms with Gasteiger partial charge in [0.05, 0.1) is 26.2 Å². The molecule has 0 aliphatic carbocycles. The zero-order valence-corrected chi connectivity index (χ0v) is 16.5. The molecule has 2 heterocycles. The van der Waals surface area contributed by atoms with Crippen LogP contribution >= 0.6 is 0 Å². The van der Waals surface area contributed by atoms with Crippen molar-refractivity contribution in [1.29, 1.82) is 0 Å². The van der Waals surface area contributed by atoms with Crippen LogP contribution in [0.15, 0.2) is 53.1 Å². The van der Waals surface area contributed by atoms with Crippen LogP contribution in [0.4, 0.5) is 0 Å². The number of aromatic nitrogens is 2. The molecule has 1 aliphatic rings. The van der Waals surface area contributed by atoms with Crippen LogP contribution in [-0.4, -0.2) is 41.7 Å². The summed E-state index contributed by atoms with van der Waals surface area (Å²) >= 11 is 0. The Balaban J connectivity index is 1.51. The van der Waals surface area contributed by atoms with Gasteiger partial charge >= 0.3 is 0 Å². The number of hydrogen-bond donors (Lipinski definition) is 0. The summed E-state index contributed by atoms with van der Waals surface area (Å²) in [4.78, 5) is 19.3. The number of methoxy groups -OCH3 is 2. The number of para-hydroxylation sites is 1. The minimum Gasteiger partial charge on any atom is -0.497 e. The lowest BCUT2D eigenvalue weighted by atomic mass is 10.1. The Morgan fingerprint density at radius 3 is 2.69 bits per heavy atom. The van der Waals surface area contributed by atoms with Crippen LogP contribution in [0, 0.1) is 0 Å². The van der Waals surface area contributed by atoms with Gasteiger partial charge in [0.1, 0.15) is 17.5 Å². The monoisotopic (exact) mass is 393 g/mol. The van der Waals surface area contributed by atoms with E-state index in [1.807, 2.05) is 53.4 Å². The number of benzene rings is 2. The molecule has 2 aromatic carbocycles. The van der Waals surface area contributed by atoms with Gasteiger partial charge in [0.2, 0.25) is 17.6 Å². The molecule has 4 rings (SSSR count). The molecule has 1 amide bonds. The first-order valence-electron chi connectivity index (χ1n) is 9.59. The van der Waals surface area contributed by atoms with Gasteiger partial charge in [-0.05, 0) is 42.7 Å². The molecular weight excluding hydrogens is 370 g/mol. The maximum absolute atomic E-state index is 12.9. The van der Waals surface area contributed by atoms with Gasteiger partial charge in [0.15, 0.2) is 0 Å². The maximum Gasteiger partial charge on any atom is 0.249 e. The van der Waals surface area contributed by atoms with Crippen molar-refractivity contribution < 1.29 is 18.8 Å². The van der Waals surface area contributed by atoms with Crippen molar-refractivity contribution in [3.63, 3.8) is 0 Å². The molecule has 0 saturated carbocycles. The molecule has 1 fully saturated rings. The van der Waals surface area contributed by atoms with Gasteiger partial charge in [-0.25, -0.2) is 0 Å². The summed E-state index contributed by atoms with van der Waals surface area (Å²) < 4.78 is 16.1. The highest BCUT2D eigenvalue weighted by Gasteiger charge is 2.34. The Labute approximate surface area is 169 Å². The summed E-state index contributed by atoms with van der Waals surface area (Å²) in [5.41, 5.74) is 1.71. The Hall–Kier alpha value is -3.35. The standard InChI is InChI=1S/C22H23N3O4/c1-27-16-11-9-15(10-12-16)14-20(26)25-13-5-7-18(25)22-23-21(24-29-22)17-6-3-4-8-19(17)28-2/h3-4,6,8-12,18H,5,7,13-14H2,1-2H3/t18-/m0/s1. The van der Waals surface area contributed by atoms with E-state index in [4.69, 9.17) is 14.0 Å². The number of amides is 1. The van der Waals surface area contributed by atoms with E-state index < -0.39 is 0 Å². The largest absolute Gasteiger partial charge is 0.497 e. The van der Waals surface area contributed by atoms with E-state index in [1.165, 1.54) is 0 Å². The lowest BCUT2D eigenvalue weighted by Crippen LogP contribution is -2.32. The van der Waals surface area contributed by atoms with Crippen molar-refractivity contribution in [1.82, 2.24) is 15.0 Å². The second-order valence-electron chi connectivity index (χ2n) is 6.93. The van der Waals surface area contributed by atoms with E-state index in [0.29, 0.717) is 30.4 Å². The van der Waals surface area contributed by atoms with E-state index in [1.54, 1.807) is 14.2 Å². The predicted octanol–water partition coefficient (Wildman–Crippen LogP) is 3.66. The Morgan fingerprint density at radius 1 is 1.14 bits per heavy atom. The summed E-state index contributed by atoms with van der Waals surface area (Å²) in [6, 6.07) is 14.9. The lowest BCUT2D eigenvalue weighted by Gasteiger charge is -2.22.